The van der Waals surface area contributed by atoms with Gasteiger partial charge in [0, 0.05) is 6.42 Å². The molecule has 0 atom stereocenters. The van der Waals surface area contributed by atoms with Crippen LogP contribution in [-0.4, -0.2) is 115 Å². The van der Waals surface area contributed by atoms with Crippen molar-refractivity contribution in [3.8, 4) is 0 Å². The predicted octanol–water partition coefficient (Wildman–Crippen LogP) is -0.195. The molecule has 0 aromatic rings. The number of aldehydes is 1. The minimum absolute atomic E-state index is 0.0906. The van der Waals surface area contributed by atoms with E-state index in [1.54, 1.807) is 13.0 Å². The van der Waals surface area contributed by atoms with Crippen LogP contribution in [0.3, 0.4) is 0 Å². The van der Waals surface area contributed by atoms with Gasteiger partial charge in [-0.05, 0) is 13.0 Å². The number of ketones is 1. The zero-order chi connectivity index (χ0) is 23.7. The number of nitrogens with zero attached hydrogens (tertiary/aromatic N) is 1. The van der Waals surface area contributed by atoms with Crippen LogP contribution in [0.15, 0.2) is 12.2 Å². The average Bonchev–Trinajstić information content (AvgIpc) is 2.80. The first kappa shape index (κ1) is 30.0. The average molecular weight is 462 g/mol. The van der Waals surface area contributed by atoms with Crippen molar-refractivity contribution in [2.45, 2.75) is 13.3 Å². The minimum Gasteiger partial charge on any atom is -0.379 e. The Balaban J connectivity index is 3.24. The molecular formula is C21H35NO10. The molecule has 0 bridgehead atoms. The molecule has 0 aliphatic rings. The Hall–Kier alpha value is -2.02. The lowest BCUT2D eigenvalue weighted by atomic mass is 10.3. The fraction of sp³-hybridized carbons (Fsp3) is 0.714. The van der Waals surface area contributed by atoms with Crippen LogP contribution in [0, 0.1) is 0 Å². The quantitative estimate of drug-likeness (QED) is 0.0825. The molecule has 2 amide bonds. The van der Waals surface area contributed by atoms with Gasteiger partial charge in [0.05, 0.1) is 85.8 Å². The van der Waals surface area contributed by atoms with Gasteiger partial charge in [-0.3, -0.25) is 24.1 Å². The zero-order valence-corrected chi connectivity index (χ0v) is 18.7. The maximum atomic E-state index is 11.5. The van der Waals surface area contributed by atoms with Crippen LogP contribution in [0.5, 0.6) is 0 Å². The smallest absolute Gasteiger partial charge is 0.252 e. The van der Waals surface area contributed by atoms with E-state index in [4.69, 9.17) is 28.4 Å². The molecule has 0 saturated carbocycles. The van der Waals surface area contributed by atoms with Gasteiger partial charge >= 0.3 is 0 Å². The SMILES string of the molecule is C/C=C\C(=O)N(C=O)CCOCCOCCOCCOCCOCCOCCC(=O)C=O. The number of imide groups is 1. The highest BCUT2D eigenvalue weighted by atomic mass is 16.6. The molecule has 0 fully saturated rings. The first-order valence-corrected chi connectivity index (χ1v) is 10.5. The van der Waals surface area contributed by atoms with Gasteiger partial charge in [-0.15, -0.1) is 0 Å². The maximum Gasteiger partial charge on any atom is 0.252 e. The number of allylic oxidation sites excluding steroid dienone is 1. The molecule has 0 rings (SSSR count). The Morgan fingerprint density at radius 1 is 0.656 bits per heavy atom. The molecule has 0 N–H and O–H groups in total. The number of Topliss-reactive ketones (excluding diaryl/α,β-unsaturated/α-hetero) is 1. The maximum absolute atomic E-state index is 11.5. The van der Waals surface area contributed by atoms with Crippen molar-refractivity contribution in [2.24, 2.45) is 0 Å². The van der Waals surface area contributed by atoms with Crippen LogP contribution < -0.4 is 0 Å². The summed E-state index contributed by atoms with van der Waals surface area (Å²) in [6.45, 7) is 6.44. The number of rotatable bonds is 24. The second kappa shape index (κ2) is 23.6. The summed E-state index contributed by atoms with van der Waals surface area (Å²) in [5.41, 5.74) is 0. The van der Waals surface area contributed by atoms with Gasteiger partial charge in [-0.25, -0.2) is 0 Å². The van der Waals surface area contributed by atoms with Crippen molar-refractivity contribution in [3.05, 3.63) is 12.2 Å². The van der Waals surface area contributed by atoms with Crippen LogP contribution in [0.2, 0.25) is 0 Å². The molecule has 11 heteroatoms. The van der Waals surface area contributed by atoms with Crippen molar-refractivity contribution in [2.75, 3.05) is 85.8 Å². The number of amides is 2. The third-order valence-corrected chi connectivity index (χ3v) is 3.68. The number of carbonyl (C=O) groups is 4. The summed E-state index contributed by atoms with van der Waals surface area (Å²) in [5.74, 6) is -0.847. The fourth-order valence-corrected chi connectivity index (χ4v) is 2.05. The molecule has 11 nitrogen and oxygen atoms in total. The highest BCUT2D eigenvalue weighted by molar-refractivity contribution is 6.24. The van der Waals surface area contributed by atoms with Crippen molar-refractivity contribution in [1.29, 1.82) is 0 Å². The third kappa shape index (κ3) is 19.9. The molecule has 0 aliphatic heterocycles. The number of hydrogen-bond acceptors (Lipinski definition) is 10. The molecule has 0 unspecified atom stereocenters. The highest BCUT2D eigenvalue weighted by Crippen LogP contribution is 1.90. The standard InChI is InChI=1S/C21H35NO10/c1-2-3-21(26)22(19-24)5-7-28-9-11-30-13-15-32-17-16-31-14-12-29-10-8-27-6-4-20(25)18-23/h2-3,18-19H,4-17H2,1H3/b3-2-. The third-order valence-electron chi connectivity index (χ3n) is 3.68. The summed E-state index contributed by atoms with van der Waals surface area (Å²) in [4.78, 5) is 44.2. The molecule has 0 aromatic heterocycles. The van der Waals surface area contributed by atoms with E-state index < -0.39 is 5.78 Å². The predicted molar refractivity (Wildman–Crippen MR) is 113 cm³/mol. The second-order valence-electron chi connectivity index (χ2n) is 6.15. The van der Waals surface area contributed by atoms with Gasteiger partial charge in [0.2, 0.25) is 6.41 Å². The molecule has 32 heavy (non-hydrogen) atoms. The Kier molecular flexibility index (Phi) is 22.1. The summed E-state index contributed by atoms with van der Waals surface area (Å²) >= 11 is 0. The lowest BCUT2D eigenvalue weighted by Crippen LogP contribution is -2.31. The Morgan fingerprint density at radius 2 is 1.06 bits per heavy atom. The molecular weight excluding hydrogens is 426 g/mol. The van der Waals surface area contributed by atoms with E-state index in [9.17, 15) is 19.2 Å². The normalized spacial score (nSPS) is 11.0. The minimum atomic E-state index is -0.475. The van der Waals surface area contributed by atoms with E-state index >= 15 is 0 Å². The monoisotopic (exact) mass is 461 g/mol. The van der Waals surface area contributed by atoms with Crippen LogP contribution in [-0.2, 0) is 47.6 Å². The fourth-order valence-electron chi connectivity index (χ4n) is 2.05. The van der Waals surface area contributed by atoms with E-state index in [2.05, 4.69) is 0 Å². The first-order valence-electron chi connectivity index (χ1n) is 10.5. The summed E-state index contributed by atoms with van der Waals surface area (Å²) < 4.78 is 31.8. The van der Waals surface area contributed by atoms with Gasteiger partial charge in [0.25, 0.3) is 5.91 Å². The van der Waals surface area contributed by atoms with Crippen molar-refractivity contribution < 1.29 is 47.6 Å². The second-order valence-corrected chi connectivity index (χ2v) is 6.15. The van der Waals surface area contributed by atoms with Gasteiger partial charge < -0.3 is 28.4 Å². The zero-order valence-electron chi connectivity index (χ0n) is 18.7. The largest absolute Gasteiger partial charge is 0.379 e. The molecule has 184 valence electrons. The molecule has 0 spiro atoms. The lowest BCUT2D eigenvalue weighted by molar-refractivity contribution is -0.135. The van der Waals surface area contributed by atoms with Crippen LogP contribution in [0.4, 0.5) is 0 Å². The van der Waals surface area contributed by atoms with Crippen LogP contribution in [0.1, 0.15) is 13.3 Å². The molecule has 0 aromatic carbocycles. The van der Waals surface area contributed by atoms with Crippen molar-refractivity contribution in [1.82, 2.24) is 4.90 Å². The summed E-state index contributed by atoms with van der Waals surface area (Å²) in [7, 11) is 0. The van der Waals surface area contributed by atoms with Gasteiger partial charge in [0.15, 0.2) is 12.1 Å². The van der Waals surface area contributed by atoms with Gasteiger partial charge in [0.1, 0.15) is 0 Å². The lowest BCUT2D eigenvalue weighted by Gasteiger charge is -2.13. The summed E-state index contributed by atoms with van der Waals surface area (Å²) in [6, 6.07) is 0. The van der Waals surface area contributed by atoms with Gasteiger partial charge in [-0.2, -0.15) is 0 Å². The highest BCUT2D eigenvalue weighted by Gasteiger charge is 2.08. The Bertz CT molecular complexity index is 527. The van der Waals surface area contributed by atoms with Crippen molar-refractivity contribution in [3.63, 3.8) is 0 Å². The Morgan fingerprint density at radius 3 is 1.44 bits per heavy atom. The van der Waals surface area contributed by atoms with E-state index in [1.807, 2.05) is 0 Å². The molecule has 0 saturated heterocycles. The topological polar surface area (TPSA) is 127 Å². The summed E-state index contributed by atoms with van der Waals surface area (Å²) in [5, 5.41) is 0. The first-order chi connectivity index (χ1) is 15.7. The van der Waals surface area contributed by atoms with E-state index in [0.717, 1.165) is 4.90 Å². The van der Waals surface area contributed by atoms with Crippen LogP contribution in [0.25, 0.3) is 0 Å². The van der Waals surface area contributed by atoms with E-state index in [0.29, 0.717) is 72.5 Å². The molecule has 0 heterocycles. The van der Waals surface area contributed by atoms with Gasteiger partial charge in [-0.1, -0.05) is 6.08 Å². The van der Waals surface area contributed by atoms with Crippen LogP contribution >= 0.6 is 0 Å². The number of ether oxygens (including phenoxy) is 6. The van der Waals surface area contributed by atoms with Crippen molar-refractivity contribution >= 4 is 24.4 Å². The molecule has 0 aliphatic carbocycles. The summed E-state index contributed by atoms with van der Waals surface area (Å²) in [6.07, 6.45) is 3.75. The number of carbonyl (C=O) groups excluding carboxylic acids is 4. The Labute approximate surface area is 188 Å². The van der Waals surface area contributed by atoms with E-state index in [1.165, 1.54) is 6.08 Å². The number of hydrogen-bond donors (Lipinski definition) is 0. The molecule has 0 radical (unpaired) electrons. The van der Waals surface area contributed by atoms with E-state index in [-0.39, 0.29) is 38.4 Å².